The van der Waals surface area contributed by atoms with Crippen LogP contribution in [0.15, 0.2) is 52.1 Å². The van der Waals surface area contributed by atoms with Gasteiger partial charge in [-0.2, -0.15) is 0 Å². The summed E-state index contributed by atoms with van der Waals surface area (Å²) < 4.78 is 18.6. The number of hydrogen-bond acceptors (Lipinski definition) is 2. The minimum Gasteiger partial charge on any atom is -0.469 e. The maximum atomic E-state index is 13.3. The topological polar surface area (TPSA) is 40.8 Å². The van der Waals surface area contributed by atoms with Crippen LogP contribution in [-0.2, 0) is 13.0 Å². The highest BCUT2D eigenvalue weighted by atomic mass is 127. The quantitative estimate of drug-likeness (QED) is 0.431. The largest absolute Gasteiger partial charge is 0.469 e. The van der Waals surface area contributed by atoms with Gasteiger partial charge in [0, 0.05) is 33.1 Å². The standard InChI is InChI=1S/C17H22FN3O.HI/c1-3-19-17(20-10-9-16-8-5-11-22-16)21(2)13-14-6-4-7-15(18)12-14;/h4-8,11-12H,3,9-10,13H2,1-2H3,(H,19,20);1H. The molecule has 126 valence electrons. The van der Waals surface area contributed by atoms with Crippen molar-refractivity contribution in [1.82, 2.24) is 10.2 Å². The molecule has 1 aromatic heterocycles. The van der Waals surface area contributed by atoms with Crippen LogP contribution < -0.4 is 5.32 Å². The Kier molecular flexibility index (Phi) is 8.68. The number of nitrogens with zero attached hydrogens (tertiary/aromatic N) is 2. The van der Waals surface area contributed by atoms with E-state index in [1.54, 1.807) is 18.4 Å². The second kappa shape index (κ2) is 10.3. The average molecular weight is 431 g/mol. The van der Waals surface area contributed by atoms with Crippen molar-refractivity contribution in [1.29, 1.82) is 0 Å². The van der Waals surface area contributed by atoms with Crippen molar-refractivity contribution in [3.8, 4) is 0 Å². The van der Waals surface area contributed by atoms with Crippen LogP contribution in [0, 0.1) is 5.82 Å². The van der Waals surface area contributed by atoms with Gasteiger partial charge in [0.15, 0.2) is 5.96 Å². The summed E-state index contributed by atoms with van der Waals surface area (Å²) in [6.07, 6.45) is 2.43. The first-order valence-corrected chi connectivity index (χ1v) is 7.45. The summed E-state index contributed by atoms with van der Waals surface area (Å²) in [5.74, 6) is 1.51. The summed E-state index contributed by atoms with van der Waals surface area (Å²) in [7, 11) is 1.94. The number of hydrogen-bond donors (Lipinski definition) is 1. The van der Waals surface area contributed by atoms with E-state index in [0.29, 0.717) is 13.1 Å². The van der Waals surface area contributed by atoms with Gasteiger partial charge in [0.1, 0.15) is 11.6 Å². The Morgan fingerprint density at radius 3 is 2.78 bits per heavy atom. The molecule has 1 N–H and O–H groups in total. The maximum absolute atomic E-state index is 13.3. The predicted octanol–water partition coefficient (Wildman–Crippen LogP) is 3.68. The molecule has 0 unspecified atom stereocenters. The zero-order chi connectivity index (χ0) is 15.8. The zero-order valence-corrected chi connectivity index (χ0v) is 15.8. The molecule has 0 aliphatic heterocycles. The molecule has 0 saturated heterocycles. The summed E-state index contributed by atoms with van der Waals surface area (Å²) in [6, 6.07) is 10.4. The molecular weight excluding hydrogens is 408 g/mol. The molecule has 0 bridgehead atoms. The molecule has 1 heterocycles. The van der Waals surface area contributed by atoms with Gasteiger partial charge >= 0.3 is 0 Å². The van der Waals surface area contributed by atoms with E-state index in [-0.39, 0.29) is 29.8 Å². The molecule has 0 aliphatic carbocycles. The smallest absolute Gasteiger partial charge is 0.193 e. The minimum atomic E-state index is -0.217. The molecule has 4 nitrogen and oxygen atoms in total. The predicted molar refractivity (Wildman–Crippen MR) is 102 cm³/mol. The van der Waals surface area contributed by atoms with Gasteiger partial charge in [0.25, 0.3) is 0 Å². The Labute approximate surface area is 153 Å². The summed E-state index contributed by atoms with van der Waals surface area (Å²) >= 11 is 0. The SMILES string of the molecule is CCNC(=NCCc1ccco1)N(C)Cc1cccc(F)c1.I. The maximum Gasteiger partial charge on any atom is 0.193 e. The van der Waals surface area contributed by atoms with E-state index in [0.717, 1.165) is 30.2 Å². The van der Waals surface area contributed by atoms with Crippen LogP contribution in [0.25, 0.3) is 0 Å². The van der Waals surface area contributed by atoms with Gasteiger partial charge < -0.3 is 14.6 Å². The van der Waals surface area contributed by atoms with Gasteiger partial charge in [-0.1, -0.05) is 12.1 Å². The van der Waals surface area contributed by atoms with Crippen molar-refractivity contribution >= 4 is 29.9 Å². The number of guanidine groups is 1. The lowest BCUT2D eigenvalue weighted by molar-refractivity contribution is 0.472. The molecule has 2 rings (SSSR count). The highest BCUT2D eigenvalue weighted by Gasteiger charge is 2.07. The normalized spacial score (nSPS) is 11.0. The Balaban J connectivity index is 0.00000264. The first kappa shape index (κ1) is 19.5. The molecule has 23 heavy (non-hydrogen) atoms. The Morgan fingerprint density at radius 2 is 2.13 bits per heavy atom. The van der Waals surface area contributed by atoms with Crippen molar-refractivity contribution in [2.45, 2.75) is 19.9 Å². The van der Waals surface area contributed by atoms with E-state index in [9.17, 15) is 4.39 Å². The number of rotatable bonds is 6. The molecule has 0 radical (unpaired) electrons. The van der Waals surface area contributed by atoms with Crippen LogP contribution >= 0.6 is 24.0 Å². The van der Waals surface area contributed by atoms with Crippen molar-refractivity contribution in [3.63, 3.8) is 0 Å². The summed E-state index contributed by atoms with van der Waals surface area (Å²) in [5.41, 5.74) is 0.916. The van der Waals surface area contributed by atoms with Crippen LogP contribution in [0.3, 0.4) is 0 Å². The van der Waals surface area contributed by atoms with Crippen molar-refractivity contribution in [2.75, 3.05) is 20.1 Å². The monoisotopic (exact) mass is 431 g/mol. The third kappa shape index (κ3) is 6.60. The molecule has 0 amide bonds. The van der Waals surface area contributed by atoms with Gasteiger partial charge in [0.2, 0.25) is 0 Å². The Bertz CT molecular complexity index is 602. The minimum absolute atomic E-state index is 0. The lowest BCUT2D eigenvalue weighted by Crippen LogP contribution is -2.38. The van der Waals surface area contributed by atoms with Crippen LogP contribution in [-0.4, -0.2) is 31.0 Å². The number of aliphatic imine (C=N–C) groups is 1. The number of halogens is 2. The molecule has 0 fully saturated rings. The van der Waals surface area contributed by atoms with E-state index < -0.39 is 0 Å². The second-order valence-electron chi connectivity index (χ2n) is 5.05. The van der Waals surface area contributed by atoms with Gasteiger partial charge in [-0.3, -0.25) is 4.99 Å². The Hall–Kier alpha value is -1.57. The number of nitrogens with one attached hydrogen (secondary N) is 1. The van der Waals surface area contributed by atoms with E-state index in [2.05, 4.69) is 10.3 Å². The van der Waals surface area contributed by atoms with Gasteiger partial charge in [0.05, 0.1) is 6.26 Å². The first-order valence-electron chi connectivity index (χ1n) is 7.45. The lowest BCUT2D eigenvalue weighted by Gasteiger charge is -2.22. The van der Waals surface area contributed by atoms with Gasteiger partial charge in [-0.15, -0.1) is 24.0 Å². The number of furan rings is 1. The van der Waals surface area contributed by atoms with E-state index in [1.165, 1.54) is 6.07 Å². The molecule has 0 aliphatic rings. The van der Waals surface area contributed by atoms with Crippen LogP contribution in [0.2, 0.25) is 0 Å². The molecule has 0 atom stereocenters. The highest BCUT2D eigenvalue weighted by molar-refractivity contribution is 14.0. The van der Waals surface area contributed by atoms with E-state index in [1.807, 2.05) is 37.1 Å². The summed E-state index contributed by atoms with van der Waals surface area (Å²) in [6.45, 7) is 4.05. The average Bonchev–Trinajstić information content (AvgIpc) is 2.99. The Morgan fingerprint density at radius 1 is 1.30 bits per heavy atom. The van der Waals surface area contributed by atoms with Crippen molar-refractivity contribution in [3.05, 3.63) is 59.8 Å². The van der Waals surface area contributed by atoms with E-state index >= 15 is 0 Å². The molecule has 2 aromatic rings. The second-order valence-corrected chi connectivity index (χ2v) is 5.05. The lowest BCUT2D eigenvalue weighted by atomic mass is 10.2. The fraction of sp³-hybridized carbons (Fsp3) is 0.353. The van der Waals surface area contributed by atoms with Crippen molar-refractivity contribution in [2.24, 2.45) is 4.99 Å². The van der Waals surface area contributed by atoms with Crippen LogP contribution in [0.5, 0.6) is 0 Å². The molecule has 0 saturated carbocycles. The van der Waals surface area contributed by atoms with Gasteiger partial charge in [-0.25, -0.2) is 4.39 Å². The van der Waals surface area contributed by atoms with Crippen molar-refractivity contribution < 1.29 is 8.81 Å². The number of benzene rings is 1. The summed E-state index contributed by atoms with van der Waals surface area (Å²) in [5, 5.41) is 3.25. The van der Waals surface area contributed by atoms with E-state index in [4.69, 9.17) is 4.42 Å². The fourth-order valence-electron chi connectivity index (χ4n) is 2.18. The summed E-state index contributed by atoms with van der Waals surface area (Å²) in [4.78, 5) is 6.57. The molecule has 0 spiro atoms. The third-order valence-electron chi connectivity index (χ3n) is 3.21. The highest BCUT2D eigenvalue weighted by Crippen LogP contribution is 2.07. The molecule has 1 aromatic carbocycles. The zero-order valence-electron chi connectivity index (χ0n) is 13.5. The first-order chi connectivity index (χ1) is 10.7. The van der Waals surface area contributed by atoms with Crippen LogP contribution in [0.4, 0.5) is 4.39 Å². The third-order valence-corrected chi connectivity index (χ3v) is 3.21. The van der Waals surface area contributed by atoms with Gasteiger partial charge in [-0.05, 0) is 36.8 Å². The van der Waals surface area contributed by atoms with Crippen LogP contribution in [0.1, 0.15) is 18.2 Å². The molecular formula is C17H23FIN3O. The fourth-order valence-corrected chi connectivity index (χ4v) is 2.18. The molecule has 6 heteroatoms.